The highest BCUT2D eigenvalue weighted by atomic mass is 16.5. The zero-order valence-corrected chi connectivity index (χ0v) is 9.44. The topological polar surface area (TPSA) is 78.9 Å². The number of rotatable bonds is 6. The summed E-state index contributed by atoms with van der Waals surface area (Å²) in [4.78, 5) is 24.3. The quantitative estimate of drug-likeness (QED) is 0.596. The maximum atomic E-state index is 11.5. The number of amides is 2. The molecule has 0 spiro atoms. The van der Waals surface area contributed by atoms with Crippen LogP contribution < -0.4 is 5.32 Å². The van der Waals surface area contributed by atoms with Crippen molar-refractivity contribution in [1.82, 2.24) is 10.2 Å². The number of methoxy groups -OCH3 is 1. The fourth-order valence-electron chi connectivity index (χ4n) is 1.66. The first-order chi connectivity index (χ1) is 7.67. The molecule has 0 saturated carbocycles. The van der Waals surface area contributed by atoms with Crippen LogP contribution in [-0.2, 0) is 14.3 Å². The SMILES string of the molecule is COCC(CO)NC(=O)CN1CCCC1=O. The number of carbonyl (C=O) groups is 2. The summed E-state index contributed by atoms with van der Waals surface area (Å²) in [7, 11) is 1.50. The van der Waals surface area contributed by atoms with Crippen LogP contribution in [0.2, 0.25) is 0 Å². The smallest absolute Gasteiger partial charge is 0.240 e. The van der Waals surface area contributed by atoms with Crippen LogP contribution in [-0.4, -0.2) is 61.3 Å². The van der Waals surface area contributed by atoms with E-state index in [0.29, 0.717) is 13.0 Å². The van der Waals surface area contributed by atoms with E-state index in [2.05, 4.69) is 5.32 Å². The Hall–Kier alpha value is -1.14. The van der Waals surface area contributed by atoms with Crippen LogP contribution in [0.3, 0.4) is 0 Å². The molecule has 1 aliphatic rings. The monoisotopic (exact) mass is 230 g/mol. The van der Waals surface area contributed by atoms with Crippen LogP contribution in [0.5, 0.6) is 0 Å². The third kappa shape index (κ3) is 3.79. The van der Waals surface area contributed by atoms with Gasteiger partial charge in [0.2, 0.25) is 11.8 Å². The van der Waals surface area contributed by atoms with Gasteiger partial charge in [0.05, 0.1) is 25.8 Å². The van der Waals surface area contributed by atoms with Gasteiger partial charge < -0.3 is 20.1 Å². The Morgan fingerprint density at radius 3 is 2.94 bits per heavy atom. The van der Waals surface area contributed by atoms with Gasteiger partial charge in [0.25, 0.3) is 0 Å². The lowest BCUT2D eigenvalue weighted by Gasteiger charge is -2.19. The summed E-state index contributed by atoms with van der Waals surface area (Å²) in [5.41, 5.74) is 0. The molecule has 0 aromatic heterocycles. The zero-order valence-electron chi connectivity index (χ0n) is 9.44. The van der Waals surface area contributed by atoms with Crippen LogP contribution >= 0.6 is 0 Å². The molecule has 0 aliphatic carbocycles. The molecular weight excluding hydrogens is 212 g/mol. The normalized spacial score (nSPS) is 17.6. The molecular formula is C10H18N2O4. The number of likely N-dealkylation sites (tertiary alicyclic amines) is 1. The van der Waals surface area contributed by atoms with Crippen molar-refractivity contribution in [3.05, 3.63) is 0 Å². The Kier molecular flexibility index (Phi) is 5.21. The standard InChI is InChI=1S/C10H18N2O4/c1-16-7-8(6-13)11-9(14)5-12-4-2-3-10(12)15/h8,13H,2-7H2,1H3,(H,11,14). The number of hydrogen-bond acceptors (Lipinski definition) is 4. The summed E-state index contributed by atoms with van der Waals surface area (Å²) in [5, 5.41) is 11.6. The molecule has 0 bridgehead atoms. The third-order valence-corrected chi connectivity index (χ3v) is 2.46. The molecule has 1 unspecified atom stereocenters. The van der Waals surface area contributed by atoms with E-state index >= 15 is 0 Å². The maximum absolute atomic E-state index is 11.5. The molecule has 2 N–H and O–H groups in total. The van der Waals surface area contributed by atoms with E-state index in [0.717, 1.165) is 6.42 Å². The van der Waals surface area contributed by atoms with Crippen molar-refractivity contribution in [1.29, 1.82) is 0 Å². The van der Waals surface area contributed by atoms with Crippen molar-refractivity contribution >= 4 is 11.8 Å². The van der Waals surface area contributed by atoms with E-state index in [1.165, 1.54) is 12.0 Å². The summed E-state index contributed by atoms with van der Waals surface area (Å²) in [5.74, 6) is -0.242. The van der Waals surface area contributed by atoms with Gasteiger partial charge in [-0.15, -0.1) is 0 Å². The summed E-state index contributed by atoms with van der Waals surface area (Å²) in [6.45, 7) is 0.795. The molecule has 1 heterocycles. The summed E-state index contributed by atoms with van der Waals surface area (Å²) >= 11 is 0. The van der Waals surface area contributed by atoms with E-state index in [1.54, 1.807) is 0 Å². The summed E-state index contributed by atoms with van der Waals surface area (Å²) in [6.07, 6.45) is 1.34. The molecule has 1 fully saturated rings. The first kappa shape index (κ1) is 12.9. The summed E-state index contributed by atoms with van der Waals surface area (Å²) in [6, 6.07) is -0.407. The van der Waals surface area contributed by atoms with E-state index in [9.17, 15) is 9.59 Å². The van der Waals surface area contributed by atoms with Crippen LogP contribution in [0.1, 0.15) is 12.8 Å². The highest BCUT2D eigenvalue weighted by molar-refractivity contribution is 5.85. The minimum atomic E-state index is -0.407. The molecule has 0 radical (unpaired) electrons. The number of hydrogen-bond donors (Lipinski definition) is 2. The van der Waals surface area contributed by atoms with Crippen LogP contribution in [0, 0.1) is 0 Å². The zero-order chi connectivity index (χ0) is 12.0. The molecule has 1 atom stereocenters. The van der Waals surface area contributed by atoms with E-state index < -0.39 is 6.04 Å². The summed E-state index contributed by atoms with van der Waals surface area (Å²) < 4.78 is 4.83. The molecule has 0 aromatic carbocycles. The van der Waals surface area contributed by atoms with Crippen molar-refractivity contribution in [2.45, 2.75) is 18.9 Å². The fraction of sp³-hybridized carbons (Fsp3) is 0.800. The predicted octanol–water partition coefficient (Wildman–Crippen LogP) is -1.27. The lowest BCUT2D eigenvalue weighted by molar-refractivity contribution is -0.133. The van der Waals surface area contributed by atoms with Gasteiger partial charge >= 0.3 is 0 Å². The fourth-order valence-corrected chi connectivity index (χ4v) is 1.66. The molecule has 6 heteroatoms. The van der Waals surface area contributed by atoms with Gasteiger partial charge in [-0.05, 0) is 6.42 Å². The first-order valence-electron chi connectivity index (χ1n) is 5.34. The molecule has 0 aromatic rings. The third-order valence-electron chi connectivity index (χ3n) is 2.46. The van der Waals surface area contributed by atoms with Gasteiger partial charge in [0, 0.05) is 20.1 Å². The van der Waals surface area contributed by atoms with Crippen molar-refractivity contribution in [3.63, 3.8) is 0 Å². The second kappa shape index (κ2) is 6.44. The number of carbonyl (C=O) groups excluding carboxylic acids is 2. The second-order valence-electron chi connectivity index (χ2n) is 3.82. The van der Waals surface area contributed by atoms with Gasteiger partial charge in [-0.2, -0.15) is 0 Å². The van der Waals surface area contributed by atoms with E-state index in [1.807, 2.05) is 0 Å². The second-order valence-corrected chi connectivity index (χ2v) is 3.82. The van der Waals surface area contributed by atoms with E-state index in [4.69, 9.17) is 9.84 Å². The molecule has 16 heavy (non-hydrogen) atoms. The minimum Gasteiger partial charge on any atom is -0.394 e. The van der Waals surface area contributed by atoms with Gasteiger partial charge in [-0.25, -0.2) is 0 Å². The minimum absolute atomic E-state index is 0.0161. The average Bonchev–Trinajstić information content (AvgIpc) is 2.64. The van der Waals surface area contributed by atoms with Crippen LogP contribution in [0.15, 0.2) is 0 Å². The molecule has 1 aliphatic heterocycles. The largest absolute Gasteiger partial charge is 0.394 e. The highest BCUT2D eigenvalue weighted by Gasteiger charge is 2.23. The maximum Gasteiger partial charge on any atom is 0.240 e. The van der Waals surface area contributed by atoms with Gasteiger partial charge in [0.15, 0.2) is 0 Å². The number of nitrogens with zero attached hydrogens (tertiary/aromatic N) is 1. The highest BCUT2D eigenvalue weighted by Crippen LogP contribution is 2.08. The number of nitrogens with one attached hydrogen (secondary N) is 1. The van der Waals surface area contributed by atoms with Crippen molar-refractivity contribution in [2.75, 3.05) is 33.4 Å². The Balaban J connectivity index is 2.31. The predicted molar refractivity (Wildman–Crippen MR) is 56.7 cm³/mol. The van der Waals surface area contributed by atoms with Crippen molar-refractivity contribution in [2.24, 2.45) is 0 Å². The molecule has 92 valence electrons. The van der Waals surface area contributed by atoms with Gasteiger partial charge in [-0.1, -0.05) is 0 Å². The number of ether oxygens (including phenoxy) is 1. The van der Waals surface area contributed by atoms with E-state index in [-0.39, 0.29) is 31.6 Å². The lowest BCUT2D eigenvalue weighted by Crippen LogP contribution is -2.45. The molecule has 2 amide bonds. The Morgan fingerprint density at radius 1 is 1.69 bits per heavy atom. The number of aliphatic hydroxyl groups is 1. The number of aliphatic hydroxyl groups excluding tert-OH is 1. The first-order valence-corrected chi connectivity index (χ1v) is 5.34. The van der Waals surface area contributed by atoms with Gasteiger partial charge in [0.1, 0.15) is 0 Å². The lowest BCUT2D eigenvalue weighted by atomic mass is 10.3. The van der Waals surface area contributed by atoms with Crippen LogP contribution in [0.4, 0.5) is 0 Å². The Bertz CT molecular complexity index is 257. The molecule has 1 saturated heterocycles. The molecule has 6 nitrogen and oxygen atoms in total. The van der Waals surface area contributed by atoms with Crippen molar-refractivity contribution in [3.8, 4) is 0 Å². The average molecular weight is 230 g/mol. The Morgan fingerprint density at radius 2 is 2.44 bits per heavy atom. The van der Waals surface area contributed by atoms with Crippen molar-refractivity contribution < 1.29 is 19.4 Å². The van der Waals surface area contributed by atoms with Crippen LogP contribution in [0.25, 0.3) is 0 Å². The Labute approximate surface area is 94.6 Å². The molecule has 1 rings (SSSR count). The van der Waals surface area contributed by atoms with Gasteiger partial charge in [-0.3, -0.25) is 9.59 Å².